The molecule has 0 saturated carbocycles. The van der Waals surface area contributed by atoms with Crippen LogP contribution in [0.1, 0.15) is 0 Å². The molecule has 0 nitrogen and oxygen atoms in total. The van der Waals surface area contributed by atoms with Crippen LogP contribution >= 0.6 is 45.3 Å². The van der Waals surface area contributed by atoms with Crippen LogP contribution in [0.2, 0.25) is 0 Å². The van der Waals surface area contributed by atoms with Crippen LogP contribution in [-0.2, 0) is 0 Å². The first kappa shape index (κ1) is 41.3. The highest BCUT2D eigenvalue weighted by molar-refractivity contribution is 7.27. The molecule has 4 heterocycles. The molecule has 0 amide bonds. The Labute approximate surface area is 421 Å². The monoisotopic (exact) mass is 960 g/mol. The summed E-state index contributed by atoms with van der Waals surface area (Å²) in [5, 5.41) is 10.7. The number of benzene rings is 11. The lowest BCUT2D eigenvalue weighted by Gasteiger charge is -2.05. The van der Waals surface area contributed by atoms with Crippen LogP contribution in [0.25, 0.3) is 136 Å². The molecule has 0 unspecified atom stereocenters. The minimum absolute atomic E-state index is 1.26. The van der Waals surface area contributed by atoms with Gasteiger partial charge in [0.1, 0.15) is 0 Å². The molecule has 0 aliphatic rings. The molecule has 11 aromatic carbocycles. The molecular weight excluding hydrogens is 921 g/mol. The minimum atomic E-state index is 1.26. The maximum absolute atomic E-state index is 2.38. The van der Waals surface area contributed by atoms with Crippen molar-refractivity contribution < 1.29 is 0 Å². The van der Waals surface area contributed by atoms with Gasteiger partial charge in [-0.1, -0.05) is 152 Å². The van der Waals surface area contributed by atoms with Crippen LogP contribution in [0.15, 0.2) is 243 Å². The Morgan fingerprint density at radius 3 is 0.614 bits per heavy atom. The van der Waals surface area contributed by atoms with Crippen molar-refractivity contribution >= 4 is 126 Å². The number of rotatable bonds is 5. The molecule has 0 saturated heterocycles. The molecule has 0 radical (unpaired) electrons. The summed E-state index contributed by atoms with van der Waals surface area (Å²) in [5.74, 6) is 0. The van der Waals surface area contributed by atoms with E-state index in [0.717, 1.165) is 0 Å². The largest absolute Gasteiger partial charge is 0.135 e. The van der Waals surface area contributed by atoms with Gasteiger partial charge in [0.15, 0.2) is 0 Å². The van der Waals surface area contributed by atoms with E-state index in [4.69, 9.17) is 0 Å². The molecule has 15 aromatic rings. The second-order valence-electron chi connectivity index (χ2n) is 18.0. The highest BCUT2D eigenvalue weighted by Gasteiger charge is 2.14. The molecule has 4 aromatic heterocycles. The summed E-state index contributed by atoms with van der Waals surface area (Å²) in [5.41, 5.74) is 12.7. The maximum atomic E-state index is 2.38. The van der Waals surface area contributed by atoms with Crippen LogP contribution in [0, 0.1) is 0 Å². The number of fused-ring (bicyclic) bond motifs is 12. The third-order valence-corrected chi connectivity index (χ3v) is 18.4. The fraction of sp³-hybridized carbons (Fsp3) is 0. The van der Waals surface area contributed by atoms with Gasteiger partial charge >= 0.3 is 0 Å². The van der Waals surface area contributed by atoms with Gasteiger partial charge in [-0.3, -0.25) is 0 Å². The summed E-state index contributed by atoms with van der Waals surface area (Å²) in [6, 6.07) is 89.0. The molecule has 0 spiro atoms. The van der Waals surface area contributed by atoms with Gasteiger partial charge < -0.3 is 0 Å². The van der Waals surface area contributed by atoms with Crippen LogP contribution < -0.4 is 0 Å². The zero-order valence-corrected chi connectivity index (χ0v) is 41.0. The molecular formula is C66H40S4. The average molecular weight is 961 g/mol. The summed E-state index contributed by atoms with van der Waals surface area (Å²) in [6.45, 7) is 0. The van der Waals surface area contributed by atoms with E-state index in [0.29, 0.717) is 0 Å². The van der Waals surface area contributed by atoms with Gasteiger partial charge in [0, 0.05) is 80.7 Å². The Kier molecular flexibility index (Phi) is 10.1. The predicted molar refractivity (Wildman–Crippen MR) is 312 cm³/mol. The molecule has 0 fully saturated rings. The molecule has 0 bridgehead atoms. The first-order chi connectivity index (χ1) is 34.6. The molecule has 0 N–H and O–H groups in total. The summed E-state index contributed by atoms with van der Waals surface area (Å²) in [4.78, 5) is 0. The van der Waals surface area contributed by atoms with E-state index in [2.05, 4.69) is 243 Å². The Balaban J connectivity index is 0.000000133. The molecule has 328 valence electrons. The predicted octanol–water partition coefficient (Wildman–Crippen LogP) is 21.2. The first-order valence-corrected chi connectivity index (χ1v) is 26.9. The molecule has 70 heavy (non-hydrogen) atoms. The zero-order chi connectivity index (χ0) is 46.1. The molecule has 0 aliphatic heterocycles. The normalized spacial score (nSPS) is 11.7. The highest BCUT2D eigenvalue weighted by atomic mass is 32.1. The average Bonchev–Trinajstić information content (AvgIpc) is 4.20. The van der Waals surface area contributed by atoms with Crippen molar-refractivity contribution in [1.82, 2.24) is 0 Å². The molecule has 15 rings (SSSR count). The van der Waals surface area contributed by atoms with Gasteiger partial charge in [0.2, 0.25) is 0 Å². The van der Waals surface area contributed by atoms with Gasteiger partial charge in [-0.25, -0.2) is 0 Å². The van der Waals surface area contributed by atoms with Crippen LogP contribution in [-0.4, -0.2) is 0 Å². The summed E-state index contributed by atoms with van der Waals surface area (Å²) in [7, 11) is 0. The number of hydrogen-bond donors (Lipinski definition) is 0. The Morgan fingerprint density at radius 1 is 0.143 bits per heavy atom. The third-order valence-electron chi connectivity index (χ3n) is 13.8. The topological polar surface area (TPSA) is 0 Å². The van der Waals surface area contributed by atoms with Crippen molar-refractivity contribution in [2.45, 2.75) is 0 Å². The first-order valence-electron chi connectivity index (χ1n) is 23.6. The molecule has 0 atom stereocenters. The van der Waals surface area contributed by atoms with Gasteiger partial charge in [-0.05, 0) is 147 Å². The van der Waals surface area contributed by atoms with E-state index in [-0.39, 0.29) is 0 Å². The van der Waals surface area contributed by atoms with Crippen LogP contribution in [0.3, 0.4) is 0 Å². The fourth-order valence-corrected chi connectivity index (χ4v) is 14.5. The quantitative estimate of drug-likeness (QED) is 0.161. The van der Waals surface area contributed by atoms with Crippen molar-refractivity contribution in [3.63, 3.8) is 0 Å². The SMILES string of the molecule is c1ccc(-c2ccc3sc4ccc(-c5ccc6sc7ccc(-c8ccccc8)cc7c6c5)cc4c3c2)cc1.c1ccc(-c2ccc3sc4ccc(-c5ccc6sc7ccccc7c6c5)cc4c3c2)cc1. The van der Waals surface area contributed by atoms with Gasteiger partial charge in [-0.2, -0.15) is 0 Å². The lowest BCUT2D eigenvalue weighted by Crippen LogP contribution is -1.79. The number of thiophene rings is 4. The van der Waals surface area contributed by atoms with Crippen molar-refractivity contribution in [2.24, 2.45) is 0 Å². The second-order valence-corrected chi connectivity index (χ2v) is 22.3. The Morgan fingerprint density at radius 2 is 0.343 bits per heavy atom. The molecule has 4 heteroatoms. The van der Waals surface area contributed by atoms with E-state index in [1.807, 2.05) is 45.3 Å². The van der Waals surface area contributed by atoms with Crippen molar-refractivity contribution in [3.8, 4) is 55.6 Å². The highest BCUT2D eigenvalue weighted by Crippen LogP contribution is 2.43. The van der Waals surface area contributed by atoms with E-state index in [1.165, 1.54) is 136 Å². The lowest BCUT2D eigenvalue weighted by molar-refractivity contribution is 1.66. The van der Waals surface area contributed by atoms with Crippen molar-refractivity contribution in [1.29, 1.82) is 0 Å². The summed E-state index contributed by atoms with van der Waals surface area (Å²) < 4.78 is 10.7. The Hall–Kier alpha value is -7.70. The van der Waals surface area contributed by atoms with Crippen LogP contribution in [0.4, 0.5) is 0 Å². The van der Waals surface area contributed by atoms with Crippen LogP contribution in [0.5, 0.6) is 0 Å². The van der Waals surface area contributed by atoms with E-state index in [1.54, 1.807) is 0 Å². The summed E-state index contributed by atoms with van der Waals surface area (Å²) in [6.07, 6.45) is 0. The van der Waals surface area contributed by atoms with Crippen molar-refractivity contribution in [3.05, 3.63) is 243 Å². The molecule has 0 aliphatic carbocycles. The van der Waals surface area contributed by atoms with Crippen molar-refractivity contribution in [2.75, 3.05) is 0 Å². The fourth-order valence-electron chi connectivity index (χ4n) is 10.2. The van der Waals surface area contributed by atoms with Gasteiger partial charge in [-0.15, -0.1) is 45.3 Å². The zero-order valence-electron chi connectivity index (χ0n) is 37.7. The maximum Gasteiger partial charge on any atom is 0.0355 e. The van der Waals surface area contributed by atoms with E-state index in [9.17, 15) is 0 Å². The lowest BCUT2D eigenvalue weighted by atomic mass is 9.98. The van der Waals surface area contributed by atoms with E-state index < -0.39 is 0 Å². The third kappa shape index (κ3) is 7.31. The van der Waals surface area contributed by atoms with Gasteiger partial charge in [0.05, 0.1) is 0 Å². The summed E-state index contributed by atoms with van der Waals surface area (Å²) >= 11 is 7.50. The Bertz CT molecular complexity index is 4300. The van der Waals surface area contributed by atoms with Gasteiger partial charge in [0.25, 0.3) is 0 Å². The minimum Gasteiger partial charge on any atom is -0.135 e. The second kappa shape index (κ2) is 17.1. The number of hydrogen-bond acceptors (Lipinski definition) is 4. The van der Waals surface area contributed by atoms with E-state index >= 15 is 0 Å². The standard InChI is InChI=1S/C36H22S2.C30H18S2/c1-3-7-23(8-4-1)25-11-15-33-29(19-25)31-21-27(13-17-35(31)37-33)28-14-18-36-32(22-28)30-20-26(12-16-34(30)38-36)24-9-5-2-6-10-24;1-2-6-19(7-3-1)20-10-13-29-25(16-20)26-18-22(12-15-30(26)32-29)21-11-14-28-24(17-21)23-8-4-5-9-27(23)31-28/h1-22H;1-18H. The smallest absolute Gasteiger partial charge is 0.0355 e.